The first-order valence-electron chi connectivity index (χ1n) is 23.6. The second-order valence-electron chi connectivity index (χ2n) is 17.6. The monoisotopic (exact) mass is 908 g/mol. The van der Waals surface area contributed by atoms with Crippen LogP contribution in [0.25, 0.3) is 88.5 Å². The van der Waals surface area contributed by atoms with Crippen LogP contribution in [0.4, 0.5) is 5.69 Å². The fourth-order valence-corrected chi connectivity index (χ4v) is 15.2. The molecule has 5 heteroatoms. The quantitative estimate of drug-likeness (QED) is 0.0778. The summed E-state index contributed by atoms with van der Waals surface area (Å²) < 4.78 is 2.15. The lowest BCUT2D eigenvalue weighted by molar-refractivity contribution is 0.996. The van der Waals surface area contributed by atoms with Gasteiger partial charge in [-0.05, 0) is 83.8 Å². The Morgan fingerprint density at radius 3 is 1.19 bits per heavy atom. The van der Waals surface area contributed by atoms with Gasteiger partial charge in [-0.15, -0.1) is 0 Å². The smallest absolute Gasteiger partial charge is 0.235 e. The second-order valence-corrected chi connectivity index (χ2v) is 21.5. The molecule has 70 heavy (non-hydrogen) atoms. The molecule has 0 bridgehead atoms. The van der Waals surface area contributed by atoms with Crippen LogP contribution in [0.2, 0.25) is 0 Å². The van der Waals surface area contributed by atoms with E-state index in [0.717, 1.165) is 44.3 Å². The third-order valence-electron chi connectivity index (χ3n) is 13.6. The number of hydrogen-bond donors (Lipinski definition) is 0. The molecule has 4 nitrogen and oxygen atoms in total. The van der Waals surface area contributed by atoms with Gasteiger partial charge in [0.25, 0.3) is 0 Å². The molecule has 0 fully saturated rings. The van der Waals surface area contributed by atoms with Crippen molar-refractivity contribution in [2.75, 3.05) is 0 Å². The van der Waals surface area contributed by atoms with Gasteiger partial charge >= 0.3 is 0 Å². The highest BCUT2D eigenvalue weighted by Gasteiger charge is 2.42. The fourth-order valence-electron chi connectivity index (χ4n) is 10.3. The van der Waals surface area contributed by atoms with E-state index in [1.54, 1.807) is 0 Å². The number of fused-ring (bicyclic) bond motifs is 3. The van der Waals surface area contributed by atoms with Crippen molar-refractivity contribution in [2.24, 2.45) is 0 Å². The molecule has 0 atom stereocenters. The lowest BCUT2D eigenvalue weighted by Gasteiger charge is -2.35. The summed E-state index contributed by atoms with van der Waals surface area (Å²) in [6.07, 6.45) is 0. The van der Waals surface area contributed by atoms with E-state index in [1.165, 1.54) is 54.1 Å². The number of benzene rings is 10. The zero-order valence-corrected chi connectivity index (χ0v) is 39.2. The van der Waals surface area contributed by atoms with E-state index in [4.69, 9.17) is 16.5 Å². The maximum Gasteiger partial charge on any atom is 0.235 e. The minimum absolute atomic E-state index is 0.564. The van der Waals surface area contributed by atoms with Crippen molar-refractivity contribution in [2.45, 2.75) is 0 Å². The molecule has 0 aliphatic rings. The predicted molar refractivity (Wildman–Crippen MR) is 293 cm³/mol. The van der Waals surface area contributed by atoms with Gasteiger partial charge in [-0.25, -0.2) is 14.8 Å². The molecule has 0 unspecified atom stereocenters. The first-order chi connectivity index (χ1) is 34.6. The van der Waals surface area contributed by atoms with Gasteiger partial charge in [-0.1, -0.05) is 243 Å². The summed E-state index contributed by atoms with van der Waals surface area (Å²) in [5, 5.41) is 7.10. The van der Waals surface area contributed by atoms with Crippen LogP contribution in [0, 0.1) is 6.57 Å². The lowest BCUT2D eigenvalue weighted by atomic mass is 10.1. The van der Waals surface area contributed by atoms with E-state index >= 15 is 0 Å². The third kappa shape index (κ3) is 7.59. The van der Waals surface area contributed by atoms with Gasteiger partial charge in [0.1, 0.15) is 0 Å². The van der Waals surface area contributed by atoms with Gasteiger partial charge in [0.15, 0.2) is 13.8 Å². The fraction of sp³-hybridized carbons (Fsp3) is 0. The van der Waals surface area contributed by atoms with Gasteiger partial charge in [-0.2, -0.15) is 0 Å². The first kappa shape index (κ1) is 42.2. The van der Waals surface area contributed by atoms with Gasteiger partial charge < -0.3 is 0 Å². The Bertz CT molecular complexity index is 3700. The van der Waals surface area contributed by atoms with E-state index in [9.17, 15) is 0 Å². The van der Waals surface area contributed by atoms with Gasteiger partial charge in [0, 0.05) is 16.5 Å². The average molecular weight is 909 g/mol. The summed E-state index contributed by atoms with van der Waals surface area (Å²) in [6, 6.07) is 95.8. The van der Waals surface area contributed by atoms with Crippen LogP contribution in [-0.2, 0) is 0 Å². The van der Waals surface area contributed by atoms with Gasteiger partial charge in [0.2, 0.25) is 5.95 Å². The Balaban J connectivity index is 1.15. The standard InChI is InChI=1S/C65H44N4Si/c1-66-54-38-39-64-60(44-54)59-36-14-15-37-63(59)69(64)65-67-61(49-26-12-5-13-27-49)45-62(68-65)53-31-19-35-58(43-53)70(55-32-16-28-50(40-55)46-20-6-2-7-21-46,56-33-17-29-51(41-56)47-22-8-3-9-23-47)57-34-18-30-52(42-57)48-24-10-4-11-25-48/h2-45H. The molecule has 0 amide bonds. The number of nitrogens with zero attached hydrogens (tertiary/aromatic N) is 4. The Kier molecular flexibility index (Phi) is 10.9. The van der Waals surface area contributed by atoms with Gasteiger partial charge in [-0.3, -0.25) is 4.57 Å². The van der Waals surface area contributed by atoms with Crippen molar-refractivity contribution >= 4 is 56.3 Å². The van der Waals surface area contributed by atoms with E-state index in [0.29, 0.717) is 11.6 Å². The summed E-state index contributed by atoms with van der Waals surface area (Å²) in [4.78, 5) is 14.7. The molecule has 0 saturated carbocycles. The SMILES string of the molecule is [C-]#[N+]c1ccc2c(c1)c1ccccc1n2-c1nc(-c2ccccc2)cc(-c2cccc([Si](c3cccc(-c4ccccc4)c3)(c3cccc(-c4ccccc4)c3)c3cccc(-c4ccccc4)c3)c2)n1. The Morgan fingerprint density at radius 2 is 0.700 bits per heavy atom. The molecule has 10 aromatic carbocycles. The largest absolute Gasteiger partial charge is 0.278 e. The normalized spacial score (nSPS) is 11.4. The highest BCUT2D eigenvalue weighted by molar-refractivity contribution is 7.20. The van der Waals surface area contributed by atoms with E-state index in [-0.39, 0.29) is 0 Å². The highest BCUT2D eigenvalue weighted by Crippen LogP contribution is 2.35. The number of aromatic nitrogens is 3. The molecule has 328 valence electrons. The maximum atomic E-state index is 7.82. The van der Waals surface area contributed by atoms with Crippen LogP contribution in [0.15, 0.2) is 267 Å². The average Bonchev–Trinajstić information content (AvgIpc) is 3.78. The molecule has 0 saturated heterocycles. The summed E-state index contributed by atoms with van der Waals surface area (Å²) in [5.74, 6) is 0.564. The van der Waals surface area contributed by atoms with Gasteiger partial charge in [0.05, 0.1) is 29.0 Å². The summed E-state index contributed by atoms with van der Waals surface area (Å²) in [7, 11) is -3.26. The zero-order valence-electron chi connectivity index (χ0n) is 38.2. The van der Waals surface area contributed by atoms with Crippen LogP contribution < -0.4 is 20.7 Å². The second kappa shape index (κ2) is 18.1. The van der Waals surface area contributed by atoms with Crippen LogP contribution in [0.3, 0.4) is 0 Å². The minimum atomic E-state index is -3.26. The van der Waals surface area contributed by atoms with Crippen molar-refractivity contribution < 1.29 is 0 Å². The number of hydrogen-bond acceptors (Lipinski definition) is 2. The van der Waals surface area contributed by atoms with Crippen LogP contribution in [0.5, 0.6) is 0 Å². The topological polar surface area (TPSA) is 35.1 Å². The van der Waals surface area contributed by atoms with Crippen molar-refractivity contribution in [3.05, 3.63) is 278 Å². The molecule has 0 spiro atoms. The molecule has 0 N–H and O–H groups in total. The van der Waals surface area contributed by atoms with Crippen molar-refractivity contribution in [1.29, 1.82) is 0 Å². The summed E-state index contributed by atoms with van der Waals surface area (Å²) >= 11 is 0. The molecule has 12 rings (SSSR count). The zero-order chi connectivity index (χ0) is 46.9. The molecular formula is C65H44N4Si. The molecule has 0 aliphatic heterocycles. The molecule has 0 aliphatic carbocycles. The van der Waals surface area contributed by atoms with Crippen molar-refractivity contribution in [1.82, 2.24) is 14.5 Å². The summed E-state index contributed by atoms with van der Waals surface area (Å²) in [5.41, 5.74) is 13.2. The van der Waals surface area contributed by atoms with Crippen LogP contribution in [0.1, 0.15) is 0 Å². The van der Waals surface area contributed by atoms with E-state index < -0.39 is 8.07 Å². The number of rotatable bonds is 10. The van der Waals surface area contributed by atoms with E-state index in [1.807, 2.05) is 30.3 Å². The molecule has 2 aromatic heterocycles. The molecule has 0 radical (unpaired) electrons. The van der Waals surface area contributed by atoms with E-state index in [2.05, 4.69) is 246 Å². The summed E-state index contributed by atoms with van der Waals surface area (Å²) in [6.45, 7) is 7.82. The van der Waals surface area contributed by atoms with Crippen LogP contribution >= 0.6 is 0 Å². The molecule has 12 aromatic rings. The van der Waals surface area contributed by atoms with Crippen LogP contribution in [-0.4, -0.2) is 22.6 Å². The number of para-hydroxylation sites is 1. The molecular weight excluding hydrogens is 865 g/mol. The minimum Gasteiger partial charge on any atom is -0.278 e. The Hall–Kier alpha value is -9.21. The first-order valence-corrected chi connectivity index (χ1v) is 25.6. The Labute approximate surface area is 409 Å². The maximum absolute atomic E-state index is 7.82. The van der Waals surface area contributed by atoms with Crippen molar-refractivity contribution in [3.8, 4) is 61.8 Å². The Morgan fingerprint density at radius 1 is 0.314 bits per heavy atom. The highest BCUT2D eigenvalue weighted by atomic mass is 28.3. The third-order valence-corrected chi connectivity index (χ3v) is 18.3. The van der Waals surface area contributed by atoms with Crippen molar-refractivity contribution in [3.63, 3.8) is 0 Å². The lowest BCUT2D eigenvalue weighted by Crippen LogP contribution is -2.74. The molecule has 2 heterocycles. The predicted octanol–water partition coefficient (Wildman–Crippen LogP) is 13.8.